The molecule has 0 radical (unpaired) electrons. The Bertz CT molecular complexity index is 1070. The third-order valence-corrected chi connectivity index (χ3v) is 10.7. The maximum atomic E-state index is 13.2. The second-order valence-corrected chi connectivity index (χ2v) is 15.4. The van der Waals surface area contributed by atoms with Gasteiger partial charge in [0.05, 0.1) is 36.9 Å². The number of carbonyl (C=O) groups is 2. The predicted molar refractivity (Wildman–Crippen MR) is 169 cm³/mol. The zero-order chi connectivity index (χ0) is 31.8. The van der Waals surface area contributed by atoms with E-state index in [1.54, 1.807) is 13.8 Å². The minimum Gasteiger partial charge on any atom is -0.378 e. The van der Waals surface area contributed by atoms with Crippen LogP contribution in [0.1, 0.15) is 81.1 Å². The highest BCUT2D eigenvalue weighted by molar-refractivity contribution is 7.80. The lowest BCUT2D eigenvalue weighted by atomic mass is 9.72. The SMILES string of the molecule is CC1=C(C(=O)CC(C)C(COCCOCC(C(C)CC(=O)C2=C(C)C=CCC2(C)C)S(=O)O)S(=O)O)C(C)(C)CC=C1. The van der Waals surface area contributed by atoms with E-state index >= 15 is 0 Å². The Kier molecular flexibility index (Phi) is 13.9. The van der Waals surface area contributed by atoms with Crippen molar-refractivity contribution in [2.75, 3.05) is 26.4 Å². The fraction of sp³-hybridized carbons (Fsp3) is 0.688. The van der Waals surface area contributed by atoms with Gasteiger partial charge < -0.3 is 18.6 Å². The van der Waals surface area contributed by atoms with E-state index in [0.717, 1.165) is 35.1 Å². The summed E-state index contributed by atoms with van der Waals surface area (Å²) in [6.45, 7) is 15.7. The predicted octanol–water partition coefficient (Wildman–Crippen LogP) is 6.00. The molecule has 42 heavy (non-hydrogen) atoms. The van der Waals surface area contributed by atoms with E-state index in [2.05, 4.69) is 12.2 Å². The van der Waals surface area contributed by atoms with Crippen LogP contribution in [-0.2, 0) is 41.2 Å². The Morgan fingerprint density at radius 3 is 1.38 bits per heavy atom. The minimum absolute atomic E-state index is 0.0150. The molecule has 238 valence electrons. The van der Waals surface area contributed by atoms with E-state index < -0.39 is 32.7 Å². The number of rotatable bonds is 17. The quantitative estimate of drug-likeness (QED) is 0.149. The molecule has 2 aliphatic carbocycles. The van der Waals surface area contributed by atoms with Gasteiger partial charge in [-0.2, -0.15) is 0 Å². The second-order valence-electron chi connectivity index (χ2n) is 13.1. The zero-order valence-electron chi connectivity index (χ0n) is 26.4. The van der Waals surface area contributed by atoms with E-state index in [1.165, 1.54) is 0 Å². The lowest BCUT2D eigenvalue weighted by molar-refractivity contribution is -0.118. The van der Waals surface area contributed by atoms with Crippen LogP contribution >= 0.6 is 0 Å². The number of Topliss-reactive ketones (excluding diaryl/α,β-unsaturated/α-hetero) is 2. The first-order valence-corrected chi connectivity index (χ1v) is 17.0. The molecule has 0 spiro atoms. The maximum absolute atomic E-state index is 13.2. The number of ketones is 2. The summed E-state index contributed by atoms with van der Waals surface area (Å²) in [6, 6.07) is 0. The molecule has 0 aromatic heterocycles. The Hall–Kier alpha value is -1.56. The topological polar surface area (TPSA) is 127 Å². The van der Waals surface area contributed by atoms with E-state index in [0.29, 0.717) is 0 Å². The third-order valence-electron chi connectivity index (χ3n) is 8.43. The van der Waals surface area contributed by atoms with Crippen molar-refractivity contribution in [3.63, 3.8) is 0 Å². The first-order chi connectivity index (χ1) is 19.5. The summed E-state index contributed by atoms with van der Waals surface area (Å²) in [7, 11) is 0. The average molecular weight is 627 g/mol. The van der Waals surface area contributed by atoms with Crippen LogP contribution in [0.5, 0.6) is 0 Å². The molecular weight excluding hydrogens is 576 g/mol. The normalized spacial score (nSPS) is 22.4. The van der Waals surface area contributed by atoms with Gasteiger partial charge in [-0.1, -0.05) is 65.8 Å². The van der Waals surface area contributed by atoms with Crippen molar-refractivity contribution < 1.29 is 36.6 Å². The Labute approximate surface area is 257 Å². The highest BCUT2D eigenvalue weighted by atomic mass is 32.2. The molecule has 2 rings (SSSR count). The van der Waals surface area contributed by atoms with Crippen LogP contribution in [0.15, 0.2) is 46.6 Å². The molecule has 0 bridgehead atoms. The van der Waals surface area contributed by atoms with Crippen LogP contribution in [0.25, 0.3) is 0 Å². The first-order valence-electron chi connectivity index (χ1n) is 14.7. The molecule has 10 heteroatoms. The van der Waals surface area contributed by atoms with Crippen LogP contribution in [0, 0.1) is 22.7 Å². The van der Waals surface area contributed by atoms with Gasteiger partial charge >= 0.3 is 0 Å². The van der Waals surface area contributed by atoms with Gasteiger partial charge in [0.15, 0.2) is 33.7 Å². The molecular formula is C32H50O8S2. The van der Waals surface area contributed by atoms with E-state index in [1.807, 2.05) is 53.7 Å². The summed E-state index contributed by atoms with van der Waals surface area (Å²) < 4.78 is 55.2. The smallest absolute Gasteiger partial charge is 0.159 e. The number of hydrogen-bond donors (Lipinski definition) is 2. The molecule has 0 amide bonds. The number of carbonyl (C=O) groups excluding carboxylic acids is 2. The molecule has 0 aromatic rings. The van der Waals surface area contributed by atoms with Crippen LogP contribution in [0.4, 0.5) is 0 Å². The standard InChI is InChI=1S/C32H50O8S2/c1-21-11-9-13-31(5,6)29(21)25(33)17-23(3)27(41(35)36)19-39-15-16-40-20-28(42(37)38)24(4)18-26(34)30-22(2)12-10-14-32(30,7)8/h9-12,23-24,27-28H,13-20H2,1-8H3,(H,35,36)(H,37,38). The van der Waals surface area contributed by atoms with Gasteiger partial charge in [-0.3, -0.25) is 9.59 Å². The Balaban J connectivity index is 1.85. The number of ether oxygens (including phenoxy) is 2. The Morgan fingerprint density at radius 2 is 1.10 bits per heavy atom. The van der Waals surface area contributed by atoms with Crippen LogP contribution in [-0.4, -0.2) is 66.0 Å². The molecule has 2 aliphatic rings. The lowest BCUT2D eigenvalue weighted by Crippen LogP contribution is -2.34. The van der Waals surface area contributed by atoms with Crippen molar-refractivity contribution in [1.29, 1.82) is 0 Å². The van der Waals surface area contributed by atoms with Gasteiger partial charge in [0, 0.05) is 24.0 Å². The molecule has 6 atom stereocenters. The fourth-order valence-corrected chi connectivity index (χ4v) is 7.52. The molecule has 0 saturated carbocycles. The van der Waals surface area contributed by atoms with Gasteiger partial charge in [0.2, 0.25) is 0 Å². The van der Waals surface area contributed by atoms with Crippen molar-refractivity contribution in [2.45, 2.75) is 91.6 Å². The highest BCUT2D eigenvalue weighted by Gasteiger charge is 2.35. The Morgan fingerprint density at radius 1 is 0.762 bits per heavy atom. The van der Waals surface area contributed by atoms with Crippen molar-refractivity contribution in [3.8, 4) is 0 Å². The van der Waals surface area contributed by atoms with Crippen molar-refractivity contribution in [3.05, 3.63) is 46.6 Å². The van der Waals surface area contributed by atoms with Gasteiger partial charge in [0.1, 0.15) is 0 Å². The molecule has 0 aliphatic heterocycles. The minimum atomic E-state index is -2.19. The monoisotopic (exact) mass is 626 g/mol. The van der Waals surface area contributed by atoms with Crippen LogP contribution in [0.3, 0.4) is 0 Å². The largest absolute Gasteiger partial charge is 0.378 e. The molecule has 6 unspecified atom stereocenters. The number of allylic oxidation sites excluding steroid dienone is 8. The molecule has 8 nitrogen and oxygen atoms in total. The van der Waals surface area contributed by atoms with E-state index in [9.17, 15) is 27.1 Å². The fourth-order valence-electron chi connectivity index (χ4n) is 6.10. The summed E-state index contributed by atoms with van der Waals surface area (Å²) in [5, 5.41) is -1.50. The summed E-state index contributed by atoms with van der Waals surface area (Å²) in [5.74, 6) is -0.791. The third kappa shape index (κ3) is 9.99. The molecule has 0 heterocycles. The summed E-state index contributed by atoms with van der Waals surface area (Å²) >= 11 is -4.37. The first kappa shape index (κ1) is 36.6. The van der Waals surface area contributed by atoms with Gasteiger partial charge in [-0.05, 0) is 60.5 Å². The summed E-state index contributed by atoms with van der Waals surface area (Å²) in [5.41, 5.74) is 2.84. The van der Waals surface area contributed by atoms with Gasteiger partial charge in [-0.15, -0.1) is 0 Å². The molecule has 0 saturated heterocycles. The molecule has 0 fully saturated rings. The number of hydrogen-bond acceptors (Lipinski definition) is 6. The average Bonchev–Trinajstić information content (AvgIpc) is 2.83. The van der Waals surface area contributed by atoms with E-state index in [-0.39, 0.29) is 73.5 Å². The van der Waals surface area contributed by atoms with Gasteiger partial charge in [-0.25, -0.2) is 8.42 Å². The van der Waals surface area contributed by atoms with Crippen molar-refractivity contribution >= 4 is 33.7 Å². The molecule has 0 aromatic carbocycles. The molecule has 2 N–H and O–H groups in total. The van der Waals surface area contributed by atoms with Crippen molar-refractivity contribution in [1.82, 2.24) is 0 Å². The lowest BCUT2D eigenvalue weighted by Gasteiger charge is -2.31. The summed E-state index contributed by atoms with van der Waals surface area (Å²) in [4.78, 5) is 26.3. The van der Waals surface area contributed by atoms with Gasteiger partial charge in [0.25, 0.3) is 0 Å². The van der Waals surface area contributed by atoms with Crippen molar-refractivity contribution in [2.24, 2.45) is 22.7 Å². The summed E-state index contributed by atoms with van der Waals surface area (Å²) in [6.07, 6.45) is 9.86. The van der Waals surface area contributed by atoms with Crippen LogP contribution < -0.4 is 0 Å². The van der Waals surface area contributed by atoms with E-state index in [4.69, 9.17) is 9.47 Å². The maximum Gasteiger partial charge on any atom is 0.159 e. The zero-order valence-corrected chi connectivity index (χ0v) is 28.1. The van der Waals surface area contributed by atoms with Crippen LogP contribution in [0.2, 0.25) is 0 Å². The second kappa shape index (κ2) is 16.0. The highest BCUT2D eigenvalue weighted by Crippen LogP contribution is 2.39.